The van der Waals surface area contributed by atoms with E-state index in [2.05, 4.69) is 9.69 Å². The number of hydrogen-bond acceptors (Lipinski definition) is 6. The molecule has 1 N–H and O–H groups in total. The van der Waals surface area contributed by atoms with Crippen molar-refractivity contribution in [2.24, 2.45) is 0 Å². The molecule has 1 heterocycles. The van der Waals surface area contributed by atoms with Gasteiger partial charge in [0.2, 0.25) is 10.0 Å². The molecular weight excluding hydrogens is 446 g/mol. The third-order valence-corrected chi connectivity index (χ3v) is 7.38. The first-order chi connectivity index (χ1) is 15.4. The fraction of sp³-hybridized carbons (Fsp3) is 0.130. The quantitative estimate of drug-likeness (QED) is 0.421. The number of benzene rings is 3. The molecule has 32 heavy (non-hydrogen) atoms. The molecule has 1 aromatic heterocycles. The third kappa shape index (κ3) is 5.13. The Kier molecular flexibility index (Phi) is 6.50. The number of sulfonamides is 1. The van der Waals surface area contributed by atoms with Crippen LogP contribution in [0.15, 0.2) is 83.9 Å². The van der Waals surface area contributed by atoms with E-state index in [1.807, 2.05) is 48.5 Å². The second-order valence-electron chi connectivity index (χ2n) is 7.13. The zero-order valence-corrected chi connectivity index (χ0v) is 18.9. The van der Waals surface area contributed by atoms with Crippen LogP contribution in [0.25, 0.3) is 10.1 Å². The summed E-state index contributed by atoms with van der Waals surface area (Å²) in [6, 6.07) is 21.0. The second kappa shape index (κ2) is 9.47. The number of aromatic nitrogens is 1. The molecule has 164 valence electrons. The molecule has 0 spiro atoms. The van der Waals surface area contributed by atoms with Gasteiger partial charge in [0.15, 0.2) is 6.61 Å². The van der Waals surface area contributed by atoms with Crippen molar-refractivity contribution in [3.8, 4) is 5.75 Å². The van der Waals surface area contributed by atoms with Crippen LogP contribution >= 0.6 is 11.5 Å². The summed E-state index contributed by atoms with van der Waals surface area (Å²) >= 11 is 1.39. The molecule has 3 aromatic carbocycles. The number of amides is 1. The van der Waals surface area contributed by atoms with Crippen molar-refractivity contribution in [1.29, 1.82) is 0 Å². The van der Waals surface area contributed by atoms with Crippen molar-refractivity contribution in [3.05, 3.63) is 84.6 Å². The minimum Gasteiger partial charge on any atom is -0.484 e. The van der Waals surface area contributed by atoms with Gasteiger partial charge < -0.3 is 10.1 Å². The van der Waals surface area contributed by atoms with Crippen LogP contribution in [-0.2, 0) is 21.4 Å². The third-order valence-electron chi connectivity index (χ3n) is 4.79. The zero-order valence-electron chi connectivity index (χ0n) is 17.3. The predicted molar refractivity (Wildman–Crippen MR) is 125 cm³/mol. The molecule has 0 radical (unpaired) electrons. The molecule has 0 aliphatic rings. The maximum atomic E-state index is 12.8. The van der Waals surface area contributed by atoms with E-state index < -0.39 is 10.0 Å². The van der Waals surface area contributed by atoms with Crippen LogP contribution in [0, 0.1) is 0 Å². The Morgan fingerprint density at radius 2 is 1.81 bits per heavy atom. The van der Waals surface area contributed by atoms with Gasteiger partial charge in [-0.25, -0.2) is 8.42 Å². The van der Waals surface area contributed by atoms with Crippen molar-refractivity contribution in [2.75, 3.05) is 19.0 Å². The minimum absolute atomic E-state index is 0.158. The topological polar surface area (TPSA) is 88.6 Å². The Morgan fingerprint density at radius 3 is 2.56 bits per heavy atom. The molecule has 4 aromatic rings. The molecule has 0 saturated heterocycles. The van der Waals surface area contributed by atoms with Gasteiger partial charge >= 0.3 is 0 Å². The predicted octanol–water partition coefficient (Wildman–Crippen LogP) is 4.13. The summed E-state index contributed by atoms with van der Waals surface area (Å²) in [6.07, 6.45) is 1.75. The Labute approximate surface area is 190 Å². The lowest BCUT2D eigenvalue weighted by molar-refractivity contribution is -0.118. The summed E-state index contributed by atoms with van der Waals surface area (Å²) in [6.45, 7) is 0.0781. The number of hydrogen-bond donors (Lipinski definition) is 1. The highest BCUT2D eigenvalue weighted by Crippen LogP contribution is 2.22. The van der Waals surface area contributed by atoms with Crippen LogP contribution < -0.4 is 10.1 Å². The average Bonchev–Trinajstić information content (AvgIpc) is 3.26. The van der Waals surface area contributed by atoms with Crippen LogP contribution in [0.4, 0.5) is 5.69 Å². The number of nitrogens with one attached hydrogen (secondary N) is 1. The lowest BCUT2D eigenvalue weighted by Gasteiger charge is -2.17. The standard InChI is InChI=1S/C23H21N3O4S2/c1-26(15-17-5-3-2-4-6-17)32(28,29)21-10-8-20(9-11-21)30-16-23(27)25-19-7-12-22-18(13-19)14-24-31-22/h2-14H,15-16H2,1H3,(H,25,27). The van der Waals surface area contributed by atoms with E-state index in [1.165, 1.54) is 28.0 Å². The number of ether oxygens (including phenoxy) is 1. The Morgan fingerprint density at radius 1 is 1.06 bits per heavy atom. The van der Waals surface area contributed by atoms with Crippen LogP contribution in [0.3, 0.4) is 0 Å². The van der Waals surface area contributed by atoms with Crippen LogP contribution in [0.1, 0.15) is 5.56 Å². The number of carbonyl (C=O) groups excluding carboxylic acids is 1. The molecule has 0 aliphatic carbocycles. The molecule has 7 nitrogen and oxygen atoms in total. The van der Waals surface area contributed by atoms with E-state index in [4.69, 9.17) is 4.74 Å². The van der Waals surface area contributed by atoms with Gasteiger partial charge in [-0.1, -0.05) is 30.3 Å². The fourth-order valence-electron chi connectivity index (χ4n) is 3.11. The van der Waals surface area contributed by atoms with Gasteiger partial charge in [-0.3, -0.25) is 4.79 Å². The molecule has 0 fully saturated rings. The van der Waals surface area contributed by atoms with Crippen LogP contribution in [-0.4, -0.2) is 36.7 Å². The van der Waals surface area contributed by atoms with E-state index in [0.29, 0.717) is 11.4 Å². The highest BCUT2D eigenvalue weighted by atomic mass is 32.2. The maximum absolute atomic E-state index is 12.8. The van der Waals surface area contributed by atoms with Gasteiger partial charge in [-0.05, 0) is 59.6 Å². The molecular formula is C23H21N3O4S2. The van der Waals surface area contributed by atoms with Crippen LogP contribution in [0.2, 0.25) is 0 Å². The van der Waals surface area contributed by atoms with E-state index in [1.54, 1.807) is 25.4 Å². The molecule has 0 saturated carbocycles. The van der Waals surface area contributed by atoms with Crippen molar-refractivity contribution >= 4 is 43.2 Å². The van der Waals surface area contributed by atoms with Gasteiger partial charge in [0.25, 0.3) is 5.91 Å². The highest BCUT2D eigenvalue weighted by Gasteiger charge is 2.21. The SMILES string of the molecule is CN(Cc1ccccc1)S(=O)(=O)c1ccc(OCC(=O)Nc2ccc3sncc3c2)cc1. The van der Waals surface area contributed by atoms with Gasteiger partial charge in [0.05, 0.1) is 9.60 Å². The summed E-state index contributed by atoms with van der Waals surface area (Å²) in [7, 11) is -2.10. The zero-order chi connectivity index (χ0) is 22.6. The van der Waals surface area contributed by atoms with Crippen LogP contribution in [0.5, 0.6) is 5.75 Å². The Hall–Kier alpha value is -3.27. The highest BCUT2D eigenvalue weighted by molar-refractivity contribution is 7.89. The normalized spacial score (nSPS) is 11.6. The van der Waals surface area contributed by atoms with E-state index in [9.17, 15) is 13.2 Å². The molecule has 0 unspecified atom stereocenters. The van der Waals surface area contributed by atoms with Gasteiger partial charge in [0, 0.05) is 30.9 Å². The van der Waals surface area contributed by atoms with Gasteiger partial charge in [0.1, 0.15) is 5.75 Å². The average molecular weight is 468 g/mol. The Balaban J connectivity index is 1.34. The second-order valence-corrected chi connectivity index (χ2v) is 10.0. The molecule has 0 aliphatic heterocycles. The first kappa shape index (κ1) is 21.9. The number of nitrogens with zero attached hydrogens (tertiary/aromatic N) is 2. The van der Waals surface area contributed by atoms with Gasteiger partial charge in [-0.2, -0.15) is 8.68 Å². The molecule has 1 amide bonds. The molecule has 9 heteroatoms. The number of anilines is 1. The first-order valence-electron chi connectivity index (χ1n) is 9.79. The summed E-state index contributed by atoms with van der Waals surface area (Å²) in [5, 5.41) is 3.74. The van der Waals surface area contributed by atoms with E-state index >= 15 is 0 Å². The smallest absolute Gasteiger partial charge is 0.262 e. The fourth-order valence-corrected chi connectivity index (χ4v) is 4.89. The summed E-state index contributed by atoms with van der Waals surface area (Å²) in [5.74, 6) is 0.0918. The number of fused-ring (bicyclic) bond motifs is 1. The van der Waals surface area contributed by atoms with Crippen molar-refractivity contribution in [1.82, 2.24) is 8.68 Å². The molecule has 4 rings (SSSR count). The first-order valence-corrected chi connectivity index (χ1v) is 12.0. The van der Waals surface area contributed by atoms with E-state index in [0.717, 1.165) is 15.6 Å². The van der Waals surface area contributed by atoms with Crippen molar-refractivity contribution in [2.45, 2.75) is 11.4 Å². The molecule has 0 atom stereocenters. The lowest BCUT2D eigenvalue weighted by Crippen LogP contribution is -2.26. The largest absolute Gasteiger partial charge is 0.484 e. The van der Waals surface area contributed by atoms with Gasteiger partial charge in [-0.15, -0.1) is 0 Å². The summed E-state index contributed by atoms with van der Waals surface area (Å²) in [5.41, 5.74) is 1.56. The Bertz CT molecular complexity index is 1320. The summed E-state index contributed by atoms with van der Waals surface area (Å²) < 4.78 is 37.6. The van der Waals surface area contributed by atoms with Crippen molar-refractivity contribution < 1.29 is 17.9 Å². The number of rotatable bonds is 8. The lowest BCUT2D eigenvalue weighted by atomic mass is 10.2. The summed E-state index contributed by atoms with van der Waals surface area (Å²) in [4.78, 5) is 12.4. The number of carbonyl (C=O) groups is 1. The molecule has 0 bridgehead atoms. The maximum Gasteiger partial charge on any atom is 0.262 e. The minimum atomic E-state index is -3.64. The van der Waals surface area contributed by atoms with E-state index in [-0.39, 0.29) is 24.0 Å². The van der Waals surface area contributed by atoms with Crippen molar-refractivity contribution in [3.63, 3.8) is 0 Å². The monoisotopic (exact) mass is 467 g/mol.